The number of hydrogen-bond donors (Lipinski definition) is 2. The van der Waals surface area contributed by atoms with E-state index < -0.39 is 22.0 Å². The monoisotopic (exact) mass is 450 g/mol. The second-order valence-electron chi connectivity index (χ2n) is 6.54. The average Bonchev–Trinajstić information content (AvgIpc) is 3.13. The number of sulfonamides is 1. The molecular weight excluding hydrogens is 432 g/mol. The summed E-state index contributed by atoms with van der Waals surface area (Å²) < 4.78 is 27.8. The summed E-state index contributed by atoms with van der Waals surface area (Å²) in [5.41, 5.74) is 3.28. The molecule has 0 unspecified atom stereocenters. The zero-order chi connectivity index (χ0) is 21.2. The second kappa shape index (κ2) is 8.58. The van der Waals surface area contributed by atoms with E-state index in [-0.39, 0.29) is 9.47 Å². The summed E-state index contributed by atoms with van der Waals surface area (Å²) in [6.45, 7) is 5.64. The average molecular weight is 451 g/mol. The largest absolute Gasteiger partial charge is 0.296 e. The van der Waals surface area contributed by atoms with Crippen molar-refractivity contribution in [1.29, 1.82) is 0 Å². The van der Waals surface area contributed by atoms with Crippen molar-refractivity contribution in [2.24, 2.45) is 0 Å². The number of benzene rings is 2. The third-order valence-corrected chi connectivity index (χ3v) is 7.20. The lowest BCUT2D eigenvalue weighted by Crippen LogP contribution is -2.27. The Balaban J connectivity index is 1.73. The Morgan fingerprint density at radius 3 is 2.48 bits per heavy atom. The van der Waals surface area contributed by atoms with Crippen molar-refractivity contribution in [3.05, 3.63) is 69.7 Å². The number of nitrogens with one attached hydrogen (secondary N) is 2. The highest BCUT2D eigenvalue weighted by molar-refractivity contribution is 7.91. The van der Waals surface area contributed by atoms with Gasteiger partial charge in [0.1, 0.15) is 0 Å². The molecule has 0 spiro atoms. The van der Waals surface area contributed by atoms with Gasteiger partial charge in [-0.05, 0) is 56.2 Å². The van der Waals surface area contributed by atoms with Gasteiger partial charge in [-0.2, -0.15) is 0 Å². The van der Waals surface area contributed by atoms with E-state index in [1.165, 1.54) is 0 Å². The van der Waals surface area contributed by atoms with Crippen molar-refractivity contribution in [2.75, 3.05) is 5.32 Å². The van der Waals surface area contributed by atoms with Crippen LogP contribution in [0.2, 0.25) is 5.02 Å². The van der Waals surface area contributed by atoms with E-state index in [4.69, 9.17) is 11.6 Å². The zero-order valence-electron chi connectivity index (χ0n) is 15.9. The molecule has 0 fully saturated rings. The van der Waals surface area contributed by atoms with Crippen LogP contribution in [0.4, 0.5) is 5.13 Å². The molecule has 3 aromatic rings. The molecule has 0 saturated heterocycles. The van der Waals surface area contributed by atoms with Crippen LogP contribution in [-0.2, 0) is 10.0 Å². The lowest BCUT2D eigenvalue weighted by molar-refractivity contribution is 0.102. The highest BCUT2D eigenvalue weighted by Crippen LogP contribution is 2.24. The van der Waals surface area contributed by atoms with Crippen LogP contribution in [0.3, 0.4) is 0 Å². The molecule has 0 aliphatic rings. The van der Waals surface area contributed by atoms with Crippen LogP contribution in [0.1, 0.15) is 40.0 Å². The highest BCUT2D eigenvalue weighted by atomic mass is 35.5. The number of aromatic nitrogens is 2. The molecule has 10 heteroatoms. The molecule has 1 heterocycles. The Bertz CT molecular complexity index is 1140. The van der Waals surface area contributed by atoms with Crippen molar-refractivity contribution in [1.82, 2.24) is 14.9 Å². The minimum atomic E-state index is -3.90. The van der Waals surface area contributed by atoms with Gasteiger partial charge in [-0.15, -0.1) is 10.2 Å². The topological polar surface area (TPSA) is 101 Å². The van der Waals surface area contributed by atoms with Gasteiger partial charge in [0, 0.05) is 16.6 Å². The summed E-state index contributed by atoms with van der Waals surface area (Å²) in [6, 6.07) is 11.7. The van der Waals surface area contributed by atoms with E-state index in [1.807, 2.05) is 32.0 Å². The van der Waals surface area contributed by atoms with Crippen LogP contribution in [0.25, 0.3) is 0 Å². The van der Waals surface area contributed by atoms with Crippen LogP contribution in [0.5, 0.6) is 0 Å². The predicted molar refractivity (Wildman–Crippen MR) is 114 cm³/mol. The van der Waals surface area contributed by atoms with Crippen LogP contribution in [0, 0.1) is 13.8 Å². The Kier molecular flexibility index (Phi) is 6.33. The third-order valence-electron chi connectivity index (χ3n) is 4.20. The van der Waals surface area contributed by atoms with Gasteiger partial charge in [0.15, 0.2) is 0 Å². The summed E-state index contributed by atoms with van der Waals surface area (Å²) in [4.78, 5) is 12.2. The molecule has 152 valence electrons. The van der Waals surface area contributed by atoms with E-state index >= 15 is 0 Å². The molecule has 0 aliphatic carbocycles. The summed E-state index contributed by atoms with van der Waals surface area (Å²) in [5.74, 6) is -0.432. The third kappa shape index (κ3) is 5.18. The molecule has 0 bridgehead atoms. The van der Waals surface area contributed by atoms with Crippen molar-refractivity contribution < 1.29 is 13.2 Å². The molecule has 0 saturated carbocycles. The quantitative estimate of drug-likeness (QED) is 0.550. The number of halogens is 1. The standard InChI is InChI=1S/C19H19ClN4O3S2/c1-11-4-5-12(2)16(10-11)13(3)24-29(26,27)19-23-22-18(28-19)21-17(25)14-6-8-15(20)9-7-14/h4-10,13,24H,1-3H3,(H,21,22,25)/t13-/m0/s1. The van der Waals surface area contributed by atoms with E-state index in [1.54, 1.807) is 31.2 Å². The zero-order valence-corrected chi connectivity index (χ0v) is 18.3. The number of carbonyl (C=O) groups is 1. The Morgan fingerprint density at radius 1 is 1.10 bits per heavy atom. The first-order valence-electron chi connectivity index (χ1n) is 8.65. The fourth-order valence-corrected chi connectivity index (χ4v) is 4.97. The van der Waals surface area contributed by atoms with E-state index in [0.717, 1.165) is 28.0 Å². The molecule has 1 amide bonds. The van der Waals surface area contributed by atoms with Gasteiger partial charge < -0.3 is 0 Å². The van der Waals surface area contributed by atoms with Gasteiger partial charge in [0.2, 0.25) is 9.47 Å². The lowest BCUT2D eigenvalue weighted by atomic mass is 10.0. The number of anilines is 1. The van der Waals surface area contributed by atoms with Crippen molar-refractivity contribution in [3.63, 3.8) is 0 Å². The Hall–Kier alpha value is -2.33. The minimum Gasteiger partial charge on any atom is -0.296 e. The van der Waals surface area contributed by atoms with Crippen LogP contribution in [-0.4, -0.2) is 24.5 Å². The van der Waals surface area contributed by atoms with Crippen molar-refractivity contribution in [3.8, 4) is 0 Å². The highest BCUT2D eigenvalue weighted by Gasteiger charge is 2.24. The van der Waals surface area contributed by atoms with Gasteiger partial charge >= 0.3 is 0 Å². The SMILES string of the molecule is Cc1ccc(C)c([C@H](C)NS(=O)(=O)c2nnc(NC(=O)c3ccc(Cl)cc3)s2)c1. The Morgan fingerprint density at radius 2 is 1.79 bits per heavy atom. The van der Waals surface area contributed by atoms with Gasteiger partial charge in [0.05, 0.1) is 0 Å². The first kappa shape index (κ1) is 21.4. The molecule has 1 atom stereocenters. The maximum absolute atomic E-state index is 12.7. The Labute approximate surface area is 178 Å². The first-order chi connectivity index (χ1) is 13.7. The summed E-state index contributed by atoms with van der Waals surface area (Å²) in [5, 5.41) is 10.6. The smallest absolute Gasteiger partial charge is 0.270 e. The van der Waals surface area contributed by atoms with E-state index in [2.05, 4.69) is 20.2 Å². The molecule has 0 aliphatic heterocycles. The van der Waals surface area contributed by atoms with Gasteiger partial charge in [-0.3, -0.25) is 10.1 Å². The van der Waals surface area contributed by atoms with Gasteiger partial charge in [-0.1, -0.05) is 46.7 Å². The fraction of sp³-hybridized carbons (Fsp3) is 0.211. The fourth-order valence-electron chi connectivity index (χ4n) is 2.71. The number of nitrogens with zero attached hydrogens (tertiary/aromatic N) is 2. The van der Waals surface area contributed by atoms with Crippen LogP contribution in [0.15, 0.2) is 46.8 Å². The number of hydrogen-bond acceptors (Lipinski definition) is 6. The van der Waals surface area contributed by atoms with Crippen molar-refractivity contribution in [2.45, 2.75) is 31.2 Å². The molecule has 0 radical (unpaired) electrons. The molecule has 2 N–H and O–H groups in total. The molecule has 1 aromatic heterocycles. The maximum atomic E-state index is 12.7. The summed E-state index contributed by atoms with van der Waals surface area (Å²) >= 11 is 6.59. The lowest BCUT2D eigenvalue weighted by Gasteiger charge is -2.16. The summed E-state index contributed by atoms with van der Waals surface area (Å²) in [6.07, 6.45) is 0. The maximum Gasteiger partial charge on any atom is 0.270 e. The van der Waals surface area contributed by atoms with Gasteiger partial charge in [-0.25, -0.2) is 13.1 Å². The second-order valence-corrected chi connectivity index (χ2v) is 9.84. The first-order valence-corrected chi connectivity index (χ1v) is 11.3. The minimum absolute atomic E-state index is 0.0877. The normalized spacial score (nSPS) is 12.6. The van der Waals surface area contributed by atoms with Crippen LogP contribution >= 0.6 is 22.9 Å². The molecule has 7 nitrogen and oxygen atoms in total. The van der Waals surface area contributed by atoms with Crippen molar-refractivity contribution >= 4 is 44.0 Å². The van der Waals surface area contributed by atoms with Gasteiger partial charge in [0.25, 0.3) is 15.9 Å². The molecule has 2 aromatic carbocycles. The number of amides is 1. The number of aryl methyl sites for hydroxylation is 2. The van der Waals surface area contributed by atoms with E-state index in [9.17, 15) is 13.2 Å². The molecule has 29 heavy (non-hydrogen) atoms. The number of rotatable bonds is 6. The molecule has 3 rings (SSSR count). The number of carbonyl (C=O) groups excluding carboxylic acids is 1. The summed E-state index contributed by atoms with van der Waals surface area (Å²) in [7, 11) is -3.90. The van der Waals surface area contributed by atoms with E-state index in [0.29, 0.717) is 10.6 Å². The molecular formula is C19H19ClN4O3S2. The predicted octanol–water partition coefficient (Wildman–Crippen LogP) is 4.10. The van der Waals surface area contributed by atoms with Crippen LogP contribution < -0.4 is 10.0 Å².